The number of nitrogens with zero attached hydrogens (tertiary/aromatic N) is 3. The van der Waals surface area contributed by atoms with E-state index in [4.69, 9.17) is 4.74 Å². The van der Waals surface area contributed by atoms with Crippen molar-refractivity contribution in [3.63, 3.8) is 0 Å². The van der Waals surface area contributed by atoms with Gasteiger partial charge in [0, 0.05) is 0 Å². The van der Waals surface area contributed by atoms with Crippen molar-refractivity contribution in [1.29, 1.82) is 0 Å². The Balaban J connectivity index is 1.69. The van der Waals surface area contributed by atoms with Crippen LogP contribution < -0.4 is 4.74 Å². The lowest BCUT2D eigenvalue weighted by molar-refractivity contribution is 0.0728. The zero-order valence-electron chi connectivity index (χ0n) is 14.7. The van der Waals surface area contributed by atoms with Gasteiger partial charge in [0.1, 0.15) is 28.7 Å². The summed E-state index contributed by atoms with van der Waals surface area (Å²) >= 11 is 0. The first kappa shape index (κ1) is 18.2. The number of benzene rings is 2. The first-order valence-corrected chi connectivity index (χ1v) is 8.08. The summed E-state index contributed by atoms with van der Waals surface area (Å²) in [7, 11) is 0. The molecule has 1 N–H and O–H groups in total. The fraction of sp³-hybridized carbons (Fsp3) is 0.100. The molecule has 1 aromatic heterocycles. The van der Waals surface area contributed by atoms with Gasteiger partial charge in [0.15, 0.2) is 0 Å². The molecule has 0 aliphatic rings. The summed E-state index contributed by atoms with van der Waals surface area (Å²) in [4.78, 5) is 16.1. The first-order valence-electron chi connectivity index (χ1n) is 8.08. The lowest BCUT2D eigenvalue weighted by Gasteiger charge is -2.04. The van der Waals surface area contributed by atoms with Crippen LogP contribution >= 0.6 is 0 Å². The average molecular weight is 365 g/mol. The van der Waals surface area contributed by atoms with Crippen LogP contribution in [-0.4, -0.2) is 16.1 Å². The van der Waals surface area contributed by atoms with Crippen LogP contribution in [0.1, 0.15) is 21.6 Å². The highest BCUT2D eigenvalue weighted by atomic mass is 19.1. The smallest absolute Gasteiger partial charge is 0.362 e. The highest BCUT2D eigenvalue weighted by molar-refractivity contribution is 5.89. The molecule has 0 saturated heterocycles. The lowest BCUT2D eigenvalue weighted by atomic mass is 10.1. The highest BCUT2D eigenvalue weighted by Gasteiger charge is 2.10. The van der Waals surface area contributed by atoms with Crippen LogP contribution in [-0.2, 0) is 0 Å². The molecule has 27 heavy (non-hydrogen) atoms. The maximum Gasteiger partial charge on any atom is 0.362 e. The van der Waals surface area contributed by atoms with E-state index < -0.39 is 11.8 Å². The number of carbonyl (C=O) groups excluding carboxylic acids is 1. The molecule has 0 bridgehead atoms. The third kappa shape index (κ3) is 4.52. The molecule has 0 fully saturated rings. The number of aromatic nitrogens is 1. The molecule has 6 nitrogen and oxygen atoms in total. The molecule has 136 valence electrons. The number of carbonyl (C=O) groups is 1. The summed E-state index contributed by atoms with van der Waals surface area (Å²) in [5.74, 6) is -0.610. The van der Waals surface area contributed by atoms with Crippen molar-refractivity contribution in [3.05, 3.63) is 77.4 Å². The first-order chi connectivity index (χ1) is 12.9. The number of aryl methyl sites for hydroxylation is 2. The summed E-state index contributed by atoms with van der Waals surface area (Å²) in [5, 5.41) is 18.0. The molecular weight excluding hydrogens is 349 g/mol. The molecule has 3 rings (SSSR count). The second kappa shape index (κ2) is 7.74. The van der Waals surface area contributed by atoms with E-state index in [-0.39, 0.29) is 17.2 Å². The zero-order valence-corrected chi connectivity index (χ0v) is 14.7. The van der Waals surface area contributed by atoms with Crippen LogP contribution in [0.3, 0.4) is 0 Å². The number of hydrogen-bond donors (Lipinski definition) is 1. The molecular formula is C20H16FN3O3. The monoisotopic (exact) mass is 365 g/mol. The van der Waals surface area contributed by atoms with Gasteiger partial charge in [-0.3, -0.25) is 0 Å². The molecule has 2 aromatic carbocycles. The highest BCUT2D eigenvalue weighted by Crippen LogP contribution is 2.28. The van der Waals surface area contributed by atoms with Crippen molar-refractivity contribution in [2.24, 2.45) is 10.2 Å². The fourth-order valence-electron chi connectivity index (χ4n) is 2.33. The Morgan fingerprint density at radius 2 is 1.63 bits per heavy atom. The van der Waals surface area contributed by atoms with E-state index in [1.165, 1.54) is 36.5 Å². The van der Waals surface area contributed by atoms with Gasteiger partial charge in [-0.1, -0.05) is 0 Å². The average Bonchev–Trinajstić information content (AvgIpc) is 2.66. The minimum absolute atomic E-state index is 0.0922. The van der Waals surface area contributed by atoms with Crippen molar-refractivity contribution >= 4 is 17.3 Å². The van der Waals surface area contributed by atoms with Crippen LogP contribution in [0.5, 0.6) is 11.5 Å². The topological polar surface area (TPSA) is 84.1 Å². The third-order valence-corrected chi connectivity index (χ3v) is 3.74. The van der Waals surface area contributed by atoms with E-state index in [9.17, 15) is 14.3 Å². The quantitative estimate of drug-likeness (QED) is 0.392. The summed E-state index contributed by atoms with van der Waals surface area (Å²) < 4.78 is 18.0. The van der Waals surface area contributed by atoms with Gasteiger partial charge in [-0.25, -0.2) is 14.2 Å². The molecule has 3 aromatic rings. The number of hydrogen-bond acceptors (Lipinski definition) is 6. The number of phenols is 1. The number of pyridine rings is 1. The predicted molar refractivity (Wildman–Crippen MR) is 97.4 cm³/mol. The number of azo groups is 1. The maximum atomic E-state index is 12.9. The SMILES string of the molecule is Cc1cc(N=Nc2ccc(C(=O)Oc3ccc(F)cc3)nc2)cc(C)c1O. The van der Waals surface area contributed by atoms with Gasteiger partial charge >= 0.3 is 5.97 Å². The molecule has 0 amide bonds. The van der Waals surface area contributed by atoms with Crippen molar-refractivity contribution < 1.29 is 19.0 Å². The molecule has 0 spiro atoms. The third-order valence-electron chi connectivity index (χ3n) is 3.74. The van der Waals surface area contributed by atoms with Crippen molar-refractivity contribution in [3.8, 4) is 11.5 Å². The lowest BCUT2D eigenvalue weighted by Crippen LogP contribution is -2.10. The second-order valence-corrected chi connectivity index (χ2v) is 5.87. The van der Waals surface area contributed by atoms with Crippen molar-refractivity contribution in [1.82, 2.24) is 4.98 Å². The van der Waals surface area contributed by atoms with Gasteiger partial charge in [-0.15, -0.1) is 5.11 Å². The zero-order chi connectivity index (χ0) is 19.4. The van der Waals surface area contributed by atoms with Crippen LogP contribution in [0.25, 0.3) is 0 Å². The number of ether oxygens (including phenoxy) is 1. The van der Waals surface area contributed by atoms with Gasteiger partial charge < -0.3 is 9.84 Å². The molecule has 0 aliphatic carbocycles. The molecule has 7 heteroatoms. The Kier molecular flexibility index (Phi) is 5.21. The van der Waals surface area contributed by atoms with Crippen LogP contribution in [0.4, 0.5) is 15.8 Å². The Hall–Kier alpha value is -3.61. The van der Waals surface area contributed by atoms with Gasteiger partial charge in [0.05, 0.1) is 11.9 Å². The van der Waals surface area contributed by atoms with Crippen LogP contribution in [0.2, 0.25) is 0 Å². The number of esters is 1. The van der Waals surface area contributed by atoms with E-state index in [2.05, 4.69) is 15.2 Å². The van der Waals surface area contributed by atoms with Gasteiger partial charge in [-0.2, -0.15) is 5.11 Å². The van der Waals surface area contributed by atoms with Gasteiger partial charge in [0.25, 0.3) is 0 Å². The predicted octanol–water partition coefficient (Wildman–Crippen LogP) is 5.18. The molecule has 1 heterocycles. The number of halogens is 1. The van der Waals surface area contributed by atoms with E-state index in [1.54, 1.807) is 32.0 Å². The Bertz CT molecular complexity index is 977. The minimum Gasteiger partial charge on any atom is -0.507 e. The maximum absolute atomic E-state index is 12.9. The summed E-state index contributed by atoms with van der Waals surface area (Å²) in [6.45, 7) is 3.56. The Morgan fingerprint density at radius 3 is 2.22 bits per heavy atom. The molecule has 0 radical (unpaired) electrons. The summed E-state index contributed by atoms with van der Waals surface area (Å²) in [5.41, 5.74) is 2.57. The Labute approximate surface area is 155 Å². The fourth-order valence-corrected chi connectivity index (χ4v) is 2.33. The van der Waals surface area contributed by atoms with E-state index >= 15 is 0 Å². The van der Waals surface area contributed by atoms with Gasteiger partial charge in [-0.05, 0) is 73.5 Å². The normalized spacial score (nSPS) is 10.9. The standard InChI is InChI=1S/C20H16FN3O3/c1-12-9-16(10-13(2)19(12)25)24-23-15-5-8-18(22-11-15)20(26)27-17-6-3-14(21)4-7-17/h3-11,25H,1-2H3. The largest absolute Gasteiger partial charge is 0.507 e. The summed E-state index contributed by atoms with van der Waals surface area (Å²) in [6, 6.07) is 11.6. The molecule has 0 aliphatic heterocycles. The van der Waals surface area contributed by atoms with E-state index in [0.717, 1.165) is 0 Å². The van der Waals surface area contributed by atoms with Crippen molar-refractivity contribution in [2.75, 3.05) is 0 Å². The molecule has 0 unspecified atom stereocenters. The number of aromatic hydroxyl groups is 1. The Morgan fingerprint density at radius 1 is 1.00 bits per heavy atom. The number of rotatable bonds is 4. The van der Waals surface area contributed by atoms with Gasteiger partial charge in [0.2, 0.25) is 0 Å². The second-order valence-electron chi connectivity index (χ2n) is 5.87. The summed E-state index contributed by atoms with van der Waals surface area (Å²) in [6.07, 6.45) is 1.39. The molecule has 0 saturated carbocycles. The molecule has 0 atom stereocenters. The number of phenolic OH excluding ortho intramolecular Hbond substituents is 1. The van der Waals surface area contributed by atoms with Crippen LogP contribution in [0.15, 0.2) is 65.0 Å². The minimum atomic E-state index is -0.658. The van der Waals surface area contributed by atoms with Crippen molar-refractivity contribution in [2.45, 2.75) is 13.8 Å². The van der Waals surface area contributed by atoms with E-state index in [0.29, 0.717) is 22.5 Å². The van der Waals surface area contributed by atoms with Crippen LogP contribution in [0, 0.1) is 19.7 Å². The van der Waals surface area contributed by atoms with E-state index in [1.807, 2.05) is 0 Å².